The molecule has 0 bridgehead atoms. The summed E-state index contributed by atoms with van der Waals surface area (Å²) in [6.07, 6.45) is 9.04. The summed E-state index contributed by atoms with van der Waals surface area (Å²) in [5, 5.41) is 11.3. The van der Waals surface area contributed by atoms with Crippen molar-refractivity contribution in [3.63, 3.8) is 0 Å². The van der Waals surface area contributed by atoms with Gasteiger partial charge in [-0.1, -0.05) is 86.6 Å². The number of amides is 6. The molecule has 3 aliphatic rings. The number of rotatable bonds is 16. The number of nitrogens with one attached hydrogen (secondary N) is 4. The third-order valence-corrected chi connectivity index (χ3v) is 12.4. The second-order valence-electron chi connectivity index (χ2n) is 16.9. The Labute approximate surface area is 313 Å². The lowest BCUT2D eigenvalue weighted by atomic mass is 9.83. The molecule has 294 valence electrons. The van der Waals surface area contributed by atoms with Crippen molar-refractivity contribution >= 4 is 46.4 Å². The van der Waals surface area contributed by atoms with Gasteiger partial charge in [0, 0.05) is 25.3 Å². The van der Waals surface area contributed by atoms with E-state index in [0.717, 1.165) is 44.9 Å². The van der Waals surface area contributed by atoms with Crippen LogP contribution in [0.15, 0.2) is 12.7 Å². The van der Waals surface area contributed by atoms with Crippen LogP contribution < -0.4 is 21.3 Å². The van der Waals surface area contributed by atoms with Crippen LogP contribution in [0.1, 0.15) is 119 Å². The summed E-state index contributed by atoms with van der Waals surface area (Å²) in [7, 11) is -1.53. The maximum Gasteiger partial charge on any atom is 0.315 e. The van der Waals surface area contributed by atoms with Crippen LogP contribution >= 0.6 is 0 Å². The summed E-state index contributed by atoms with van der Waals surface area (Å²) < 4.78 is 14.4. The van der Waals surface area contributed by atoms with E-state index < -0.39 is 64.2 Å². The van der Waals surface area contributed by atoms with Crippen LogP contribution in [0.5, 0.6) is 0 Å². The molecule has 1 saturated carbocycles. The third-order valence-electron chi connectivity index (χ3n) is 10.6. The van der Waals surface area contributed by atoms with Crippen molar-refractivity contribution in [1.29, 1.82) is 0 Å². The molecule has 3 unspecified atom stereocenters. The summed E-state index contributed by atoms with van der Waals surface area (Å²) in [6.45, 7) is 17.7. The minimum absolute atomic E-state index is 0.0667. The van der Waals surface area contributed by atoms with E-state index >= 15 is 0 Å². The smallest absolute Gasteiger partial charge is 0.315 e. The molecule has 3 fully saturated rings. The van der Waals surface area contributed by atoms with E-state index in [1.807, 2.05) is 48.5 Å². The van der Waals surface area contributed by atoms with Crippen LogP contribution in [0.25, 0.3) is 0 Å². The van der Waals surface area contributed by atoms with Crippen molar-refractivity contribution in [3.05, 3.63) is 12.7 Å². The summed E-state index contributed by atoms with van der Waals surface area (Å²) in [5.74, 6) is -2.32. The Hall–Kier alpha value is -3.29. The topological polar surface area (TPSA) is 174 Å². The number of Topliss-reactive ketones (excluding diaryl/α,β-unsaturated/α-hetero) is 1. The average Bonchev–Trinajstić information content (AvgIpc) is 3.56. The highest BCUT2D eigenvalue weighted by Crippen LogP contribution is 2.32. The normalized spacial score (nSPS) is 23.2. The molecule has 1 aliphatic carbocycles. The van der Waals surface area contributed by atoms with E-state index in [1.165, 1.54) is 15.3 Å². The van der Waals surface area contributed by atoms with Crippen molar-refractivity contribution in [1.82, 2.24) is 30.5 Å². The second kappa shape index (κ2) is 19.2. The SMILES string of the molecule is C=CCNC(=O)C(=O)C(CC(C)CCC)NC(=O)[C@@H]1CCCN1C(=O)[C@@H](NC(=O)N[C@H](CN1C(=O)CC(C)(C)CS1=O)C(C)(C)C)C1CCCCC1. The summed E-state index contributed by atoms with van der Waals surface area (Å²) >= 11 is 0. The number of likely N-dealkylation sites (tertiary alicyclic amines) is 1. The van der Waals surface area contributed by atoms with Gasteiger partial charge in [0.2, 0.25) is 23.5 Å². The largest absolute Gasteiger partial charge is 0.346 e. The zero-order valence-corrected chi connectivity index (χ0v) is 33.3. The molecule has 0 aromatic heterocycles. The molecule has 13 nitrogen and oxygen atoms in total. The second-order valence-corrected chi connectivity index (χ2v) is 18.3. The highest BCUT2D eigenvalue weighted by Gasteiger charge is 2.43. The Kier molecular flexibility index (Phi) is 15.9. The van der Waals surface area contributed by atoms with Gasteiger partial charge in [0.15, 0.2) is 0 Å². The predicted molar refractivity (Wildman–Crippen MR) is 202 cm³/mol. The number of ketones is 1. The van der Waals surface area contributed by atoms with Crippen molar-refractivity contribution in [2.75, 3.05) is 25.4 Å². The molecule has 6 atom stereocenters. The van der Waals surface area contributed by atoms with Gasteiger partial charge >= 0.3 is 6.03 Å². The number of carbonyl (C=O) groups excluding carboxylic acids is 6. The van der Waals surface area contributed by atoms with Crippen LogP contribution in [0.3, 0.4) is 0 Å². The molecular weight excluding hydrogens is 685 g/mol. The third kappa shape index (κ3) is 12.1. The first-order chi connectivity index (χ1) is 24.4. The lowest BCUT2D eigenvalue weighted by Crippen LogP contribution is -2.61. The maximum absolute atomic E-state index is 14.4. The highest BCUT2D eigenvalue weighted by atomic mass is 32.2. The minimum Gasteiger partial charge on any atom is -0.346 e. The molecular formula is C38H64N6O7S. The van der Waals surface area contributed by atoms with Crippen molar-refractivity contribution in [3.8, 4) is 0 Å². The first-order valence-electron chi connectivity index (χ1n) is 19.2. The summed E-state index contributed by atoms with van der Waals surface area (Å²) in [5.41, 5.74) is -0.884. The fourth-order valence-electron chi connectivity index (χ4n) is 7.56. The summed E-state index contributed by atoms with van der Waals surface area (Å²) in [4.78, 5) is 82.4. The van der Waals surface area contributed by atoms with Gasteiger partial charge in [0.25, 0.3) is 5.91 Å². The fraction of sp³-hybridized carbons (Fsp3) is 0.789. The van der Waals surface area contributed by atoms with Gasteiger partial charge in [-0.05, 0) is 54.8 Å². The molecule has 0 aromatic carbocycles. The van der Waals surface area contributed by atoms with Crippen LogP contribution in [-0.2, 0) is 35.0 Å². The molecule has 52 heavy (non-hydrogen) atoms. The monoisotopic (exact) mass is 748 g/mol. The van der Waals surface area contributed by atoms with Gasteiger partial charge in [-0.2, -0.15) is 0 Å². The van der Waals surface area contributed by atoms with Gasteiger partial charge in [0.05, 0.1) is 18.6 Å². The minimum atomic E-state index is -1.53. The molecule has 0 radical (unpaired) electrons. The molecule has 14 heteroatoms. The Bertz CT molecular complexity index is 1320. The number of carbonyl (C=O) groups is 6. The predicted octanol–water partition coefficient (Wildman–Crippen LogP) is 3.74. The highest BCUT2D eigenvalue weighted by molar-refractivity contribution is 7.83. The Morgan fingerprint density at radius 1 is 1.02 bits per heavy atom. The Balaban J connectivity index is 1.80. The molecule has 2 heterocycles. The van der Waals surface area contributed by atoms with Crippen molar-refractivity contribution in [2.24, 2.45) is 22.7 Å². The molecule has 0 aromatic rings. The number of urea groups is 1. The molecule has 3 rings (SSSR count). The van der Waals surface area contributed by atoms with Crippen molar-refractivity contribution < 1.29 is 33.0 Å². The van der Waals surface area contributed by atoms with Gasteiger partial charge < -0.3 is 26.2 Å². The molecule has 2 aliphatic heterocycles. The van der Waals surface area contributed by atoms with Crippen molar-refractivity contribution in [2.45, 2.75) is 143 Å². The lowest BCUT2D eigenvalue weighted by molar-refractivity contribution is -0.143. The fourth-order valence-corrected chi connectivity index (χ4v) is 9.09. The van der Waals surface area contributed by atoms with E-state index in [4.69, 9.17) is 0 Å². The van der Waals surface area contributed by atoms with Gasteiger partial charge in [-0.15, -0.1) is 6.58 Å². The number of hydrogen-bond acceptors (Lipinski definition) is 7. The quantitative estimate of drug-likeness (QED) is 0.137. The Morgan fingerprint density at radius 2 is 1.69 bits per heavy atom. The lowest BCUT2D eigenvalue weighted by Gasteiger charge is -2.40. The van der Waals surface area contributed by atoms with E-state index in [1.54, 1.807) is 0 Å². The first-order valence-corrected chi connectivity index (χ1v) is 20.5. The first kappa shape index (κ1) is 43.1. The maximum atomic E-state index is 14.4. The zero-order valence-electron chi connectivity index (χ0n) is 32.5. The molecule has 4 N–H and O–H groups in total. The molecule has 0 spiro atoms. The van der Waals surface area contributed by atoms with Crippen LogP contribution in [0.4, 0.5) is 4.79 Å². The zero-order chi connectivity index (χ0) is 38.8. The number of hydrogen-bond donors (Lipinski definition) is 4. The van der Waals surface area contributed by atoms with Crippen LogP contribution in [-0.4, -0.2) is 98.4 Å². The Morgan fingerprint density at radius 3 is 2.29 bits per heavy atom. The molecule has 2 saturated heterocycles. The van der Waals surface area contributed by atoms with Gasteiger partial charge in [-0.3, -0.25) is 28.3 Å². The van der Waals surface area contributed by atoms with Crippen LogP contribution in [0.2, 0.25) is 0 Å². The average molecular weight is 749 g/mol. The standard InChI is InChI=1S/C38H64N6O7S/c1-9-15-25(3)21-27(32(46)34(48)39-19-10-2)40-33(47)28-18-14-20-43(28)35(49)31(26-16-12-11-13-17-26)42-36(50)41-29(37(4,5)6)23-44-30(45)22-38(7,8)24-52(44)51/h10,25-29,31H,2,9,11-24H2,1,3-8H3,(H,39,48)(H,40,47)(H2,41,42,50)/t25?,27?,28-,29+,31-,52?/m0/s1. The van der Waals surface area contributed by atoms with E-state index in [0.29, 0.717) is 25.1 Å². The van der Waals surface area contributed by atoms with Gasteiger partial charge in [0.1, 0.15) is 23.1 Å². The van der Waals surface area contributed by atoms with E-state index in [2.05, 4.69) is 27.8 Å². The van der Waals surface area contributed by atoms with Gasteiger partial charge in [-0.25, -0.2) is 9.00 Å². The number of nitrogens with zero attached hydrogens (tertiary/aromatic N) is 2. The van der Waals surface area contributed by atoms with E-state index in [-0.39, 0.29) is 55.0 Å². The summed E-state index contributed by atoms with van der Waals surface area (Å²) in [6, 6.07) is -3.94. The van der Waals surface area contributed by atoms with E-state index in [9.17, 15) is 33.0 Å². The molecule has 6 amide bonds. The van der Waals surface area contributed by atoms with Crippen LogP contribution in [0, 0.1) is 22.7 Å².